The van der Waals surface area contributed by atoms with Crippen LogP contribution in [-0.2, 0) is 14.4 Å². The number of carboxylic acids is 1. The number of hydrogen-bond acceptors (Lipinski definition) is 4. The van der Waals surface area contributed by atoms with E-state index in [1.165, 1.54) is 11.8 Å². The Labute approximate surface area is 148 Å². The normalized spacial score (nSPS) is 23.4. The zero-order chi connectivity index (χ0) is 17.3. The third-order valence-electron chi connectivity index (χ3n) is 4.24. The Bertz CT molecular complexity index is 697. The third-order valence-corrected chi connectivity index (χ3v) is 5.75. The van der Waals surface area contributed by atoms with Crippen molar-refractivity contribution in [3.05, 3.63) is 23.2 Å². The molecule has 2 amide bonds. The van der Waals surface area contributed by atoms with Crippen molar-refractivity contribution in [1.82, 2.24) is 4.90 Å². The van der Waals surface area contributed by atoms with Crippen molar-refractivity contribution in [2.45, 2.75) is 29.4 Å². The van der Waals surface area contributed by atoms with Gasteiger partial charge < -0.3 is 15.3 Å². The number of aliphatic carboxylic acids is 1. The zero-order valence-corrected chi connectivity index (χ0v) is 14.4. The first-order valence-corrected chi connectivity index (χ1v) is 8.97. The van der Waals surface area contributed by atoms with Gasteiger partial charge in [0, 0.05) is 29.4 Å². The first-order valence-electron chi connectivity index (χ1n) is 7.71. The van der Waals surface area contributed by atoms with Crippen LogP contribution in [0.2, 0.25) is 5.02 Å². The van der Waals surface area contributed by atoms with Crippen molar-refractivity contribution in [2.24, 2.45) is 5.92 Å². The molecule has 1 saturated heterocycles. The second kappa shape index (κ2) is 7.03. The van der Waals surface area contributed by atoms with Crippen molar-refractivity contribution >= 4 is 46.8 Å². The zero-order valence-electron chi connectivity index (χ0n) is 12.8. The molecule has 2 aliphatic rings. The molecule has 3 rings (SSSR count). The number of carbonyl (C=O) groups excluding carboxylic acids is 2. The highest BCUT2D eigenvalue weighted by Gasteiger charge is 2.33. The van der Waals surface area contributed by atoms with E-state index < -0.39 is 17.1 Å². The quantitative estimate of drug-likeness (QED) is 0.855. The summed E-state index contributed by atoms with van der Waals surface area (Å²) in [7, 11) is 0. The average molecular weight is 369 g/mol. The number of likely N-dealkylation sites (tertiary alicyclic amines) is 1. The number of halogens is 1. The monoisotopic (exact) mass is 368 g/mol. The molecule has 0 spiro atoms. The van der Waals surface area contributed by atoms with E-state index in [0.29, 0.717) is 30.1 Å². The Morgan fingerprint density at radius 2 is 2.21 bits per heavy atom. The molecule has 2 heterocycles. The fraction of sp³-hybridized carbons (Fsp3) is 0.438. The predicted molar refractivity (Wildman–Crippen MR) is 91.3 cm³/mol. The van der Waals surface area contributed by atoms with Gasteiger partial charge in [-0.25, -0.2) is 0 Å². The number of nitrogens with zero attached hydrogens (tertiary/aromatic N) is 1. The van der Waals surface area contributed by atoms with Gasteiger partial charge in [0.15, 0.2) is 0 Å². The Hall–Kier alpha value is -1.73. The van der Waals surface area contributed by atoms with Gasteiger partial charge in [-0.15, -0.1) is 11.8 Å². The molecule has 1 aromatic rings. The minimum absolute atomic E-state index is 0.0604. The summed E-state index contributed by atoms with van der Waals surface area (Å²) in [6.07, 6.45) is 1.32. The molecule has 0 bridgehead atoms. The van der Waals surface area contributed by atoms with Crippen LogP contribution in [-0.4, -0.2) is 46.1 Å². The van der Waals surface area contributed by atoms with Crippen molar-refractivity contribution in [3.63, 3.8) is 0 Å². The van der Waals surface area contributed by atoms with Crippen LogP contribution in [0.5, 0.6) is 0 Å². The lowest BCUT2D eigenvalue weighted by Gasteiger charge is -2.32. The van der Waals surface area contributed by atoms with Crippen LogP contribution in [0.25, 0.3) is 0 Å². The molecule has 8 heteroatoms. The fourth-order valence-corrected chi connectivity index (χ4v) is 4.20. The third kappa shape index (κ3) is 3.67. The summed E-state index contributed by atoms with van der Waals surface area (Å²) in [5.41, 5.74) is 0.658. The molecule has 24 heavy (non-hydrogen) atoms. The van der Waals surface area contributed by atoms with E-state index in [4.69, 9.17) is 16.7 Å². The van der Waals surface area contributed by atoms with E-state index in [9.17, 15) is 14.4 Å². The second-order valence-corrected chi connectivity index (χ2v) is 7.64. The highest BCUT2D eigenvalue weighted by atomic mass is 35.5. The molecule has 6 nitrogen and oxygen atoms in total. The Kier molecular flexibility index (Phi) is 5.01. The number of carbonyl (C=O) groups is 3. The lowest BCUT2D eigenvalue weighted by atomic mass is 9.98. The minimum atomic E-state index is -0.872. The van der Waals surface area contributed by atoms with Gasteiger partial charge in [-0.1, -0.05) is 11.6 Å². The van der Waals surface area contributed by atoms with E-state index >= 15 is 0 Å². The van der Waals surface area contributed by atoms with Crippen molar-refractivity contribution in [3.8, 4) is 0 Å². The maximum atomic E-state index is 12.5. The van der Waals surface area contributed by atoms with Crippen molar-refractivity contribution in [2.75, 3.05) is 18.4 Å². The molecule has 1 fully saturated rings. The number of rotatable bonds is 3. The number of benzene rings is 1. The summed E-state index contributed by atoms with van der Waals surface area (Å²) in [5.74, 6) is -1.79. The molecule has 0 aromatic heterocycles. The summed E-state index contributed by atoms with van der Waals surface area (Å²) in [5, 5.41) is 11.9. The predicted octanol–water partition coefficient (Wildman–Crippen LogP) is 2.47. The molecule has 0 aliphatic carbocycles. The molecule has 2 aliphatic heterocycles. The van der Waals surface area contributed by atoms with E-state index in [1.807, 2.05) is 6.07 Å². The van der Waals surface area contributed by atoms with Gasteiger partial charge in [0.05, 0.1) is 16.9 Å². The topological polar surface area (TPSA) is 86.7 Å². The second-order valence-electron chi connectivity index (χ2n) is 5.96. The molecule has 2 atom stereocenters. The number of amides is 2. The van der Waals surface area contributed by atoms with Gasteiger partial charge in [0.25, 0.3) is 0 Å². The number of nitrogens with one attached hydrogen (secondary N) is 1. The van der Waals surface area contributed by atoms with E-state index in [-0.39, 0.29) is 24.8 Å². The summed E-state index contributed by atoms with van der Waals surface area (Å²) >= 11 is 7.26. The number of hydrogen-bond donors (Lipinski definition) is 2. The summed E-state index contributed by atoms with van der Waals surface area (Å²) in [4.78, 5) is 38.2. The molecular formula is C16H17ClN2O4S. The van der Waals surface area contributed by atoms with Crippen LogP contribution in [0.3, 0.4) is 0 Å². The number of fused-ring (bicyclic) bond motifs is 1. The Morgan fingerprint density at radius 3 is 2.96 bits per heavy atom. The summed E-state index contributed by atoms with van der Waals surface area (Å²) < 4.78 is 0. The molecular weight excluding hydrogens is 352 g/mol. The van der Waals surface area contributed by atoms with E-state index in [0.717, 1.165) is 4.90 Å². The van der Waals surface area contributed by atoms with Crippen molar-refractivity contribution < 1.29 is 19.5 Å². The van der Waals surface area contributed by atoms with Gasteiger partial charge in [-0.2, -0.15) is 0 Å². The van der Waals surface area contributed by atoms with E-state index in [2.05, 4.69) is 5.32 Å². The van der Waals surface area contributed by atoms with E-state index in [1.54, 1.807) is 17.0 Å². The number of carboxylic acid groups (broad SMARTS) is 1. The molecule has 1 aromatic carbocycles. The maximum absolute atomic E-state index is 12.5. The molecule has 128 valence electrons. The largest absolute Gasteiger partial charge is 0.481 e. The minimum Gasteiger partial charge on any atom is -0.481 e. The maximum Gasteiger partial charge on any atom is 0.308 e. The molecule has 0 saturated carbocycles. The SMILES string of the molecule is O=C(O)[C@@H]1CCCN(C(=O)C[C@H]2Sc3ccc(Cl)cc3NC2=O)C1. The average Bonchev–Trinajstić information content (AvgIpc) is 2.55. The highest BCUT2D eigenvalue weighted by Crippen LogP contribution is 2.38. The fourth-order valence-electron chi connectivity index (χ4n) is 2.95. The number of piperidine rings is 1. The highest BCUT2D eigenvalue weighted by molar-refractivity contribution is 8.01. The lowest BCUT2D eigenvalue weighted by Crippen LogP contribution is -2.44. The lowest BCUT2D eigenvalue weighted by molar-refractivity contribution is -0.146. The van der Waals surface area contributed by atoms with Gasteiger partial charge in [-0.3, -0.25) is 14.4 Å². The molecule has 2 N–H and O–H groups in total. The van der Waals surface area contributed by atoms with Crippen LogP contribution < -0.4 is 5.32 Å². The van der Waals surface area contributed by atoms with Crippen LogP contribution in [0.15, 0.2) is 23.1 Å². The van der Waals surface area contributed by atoms with Crippen LogP contribution >= 0.6 is 23.4 Å². The van der Waals surface area contributed by atoms with Gasteiger partial charge in [-0.05, 0) is 31.0 Å². The standard InChI is InChI=1S/C16H17ClN2O4S/c17-10-3-4-12-11(6-10)18-15(21)13(24-12)7-14(20)19-5-1-2-9(8-19)16(22)23/h3-4,6,9,13H,1-2,5,7-8H2,(H,18,21)(H,22,23)/t9-,13-/m1/s1. The van der Waals surface area contributed by atoms with Crippen molar-refractivity contribution in [1.29, 1.82) is 0 Å². The van der Waals surface area contributed by atoms with Crippen LogP contribution in [0.1, 0.15) is 19.3 Å². The summed E-state index contributed by atoms with van der Waals surface area (Å²) in [6.45, 7) is 0.771. The summed E-state index contributed by atoms with van der Waals surface area (Å²) in [6, 6.07) is 5.24. The first kappa shape index (κ1) is 17.1. The number of anilines is 1. The van der Waals surface area contributed by atoms with Gasteiger partial charge in [0.1, 0.15) is 0 Å². The Balaban J connectivity index is 1.65. The van der Waals surface area contributed by atoms with Crippen LogP contribution in [0, 0.1) is 5.92 Å². The Morgan fingerprint density at radius 1 is 1.42 bits per heavy atom. The van der Waals surface area contributed by atoms with Gasteiger partial charge >= 0.3 is 5.97 Å². The smallest absolute Gasteiger partial charge is 0.308 e. The van der Waals surface area contributed by atoms with Gasteiger partial charge in [0.2, 0.25) is 11.8 Å². The molecule has 0 unspecified atom stereocenters. The van der Waals surface area contributed by atoms with Crippen LogP contribution in [0.4, 0.5) is 5.69 Å². The first-order chi connectivity index (χ1) is 11.4. The molecule has 0 radical (unpaired) electrons. The number of thioether (sulfide) groups is 1.